The Hall–Kier alpha value is -1.07. The molecule has 1 unspecified atom stereocenters. The molecular weight excluding hydrogens is 284 g/mol. The molecule has 1 N–H and O–H groups in total. The maximum atomic E-state index is 12.2. The highest BCUT2D eigenvalue weighted by molar-refractivity contribution is 7.91. The molecule has 0 bridgehead atoms. The second-order valence-corrected chi connectivity index (χ2v) is 8.38. The predicted molar refractivity (Wildman–Crippen MR) is 89.6 cm³/mol. The third-order valence-electron chi connectivity index (χ3n) is 3.30. The van der Waals surface area contributed by atoms with Crippen molar-refractivity contribution in [2.24, 2.45) is 5.92 Å². The molecule has 4 nitrogen and oxygen atoms in total. The summed E-state index contributed by atoms with van der Waals surface area (Å²) >= 11 is 0. The summed E-state index contributed by atoms with van der Waals surface area (Å²) < 4.78 is 24.4. The average Bonchev–Trinajstić information content (AvgIpc) is 2.37. The van der Waals surface area contributed by atoms with Crippen molar-refractivity contribution in [3.8, 4) is 0 Å². The maximum Gasteiger partial charge on any atom is 0.180 e. The van der Waals surface area contributed by atoms with Crippen LogP contribution in [0, 0.1) is 5.92 Å². The van der Waals surface area contributed by atoms with Crippen LogP contribution in [-0.4, -0.2) is 45.8 Å². The van der Waals surface area contributed by atoms with Gasteiger partial charge in [0.25, 0.3) is 0 Å². The van der Waals surface area contributed by atoms with E-state index in [4.69, 9.17) is 0 Å². The van der Waals surface area contributed by atoms with Gasteiger partial charge < -0.3 is 10.2 Å². The minimum atomic E-state index is -3.21. The SMILES string of the molecule is CCS(=O)(=O)c1ccccc1NC(CC(C)C)CN(C)C. The van der Waals surface area contributed by atoms with Crippen LogP contribution in [-0.2, 0) is 9.84 Å². The lowest BCUT2D eigenvalue weighted by atomic mass is 10.0. The summed E-state index contributed by atoms with van der Waals surface area (Å²) in [5.41, 5.74) is 0.715. The third-order valence-corrected chi connectivity index (χ3v) is 5.09. The van der Waals surface area contributed by atoms with Gasteiger partial charge in [0.05, 0.1) is 16.3 Å². The van der Waals surface area contributed by atoms with Gasteiger partial charge in [-0.25, -0.2) is 8.42 Å². The van der Waals surface area contributed by atoms with Crippen molar-refractivity contribution in [3.63, 3.8) is 0 Å². The van der Waals surface area contributed by atoms with Gasteiger partial charge in [-0.05, 0) is 38.6 Å². The molecule has 0 saturated carbocycles. The van der Waals surface area contributed by atoms with Crippen molar-refractivity contribution in [2.45, 2.75) is 38.1 Å². The number of hydrogen-bond donors (Lipinski definition) is 1. The molecule has 0 spiro atoms. The summed E-state index contributed by atoms with van der Waals surface area (Å²) in [6, 6.07) is 7.42. The lowest BCUT2D eigenvalue weighted by molar-refractivity contribution is 0.356. The lowest BCUT2D eigenvalue weighted by Crippen LogP contribution is -2.34. The van der Waals surface area contributed by atoms with Gasteiger partial charge in [-0.1, -0.05) is 32.9 Å². The Morgan fingerprint density at radius 3 is 2.33 bits per heavy atom. The maximum absolute atomic E-state index is 12.2. The van der Waals surface area contributed by atoms with Crippen molar-refractivity contribution < 1.29 is 8.42 Å². The van der Waals surface area contributed by atoms with Gasteiger partial charge in [-0.15, -0.1) is 0 Å². The summed E-state index contributed by atoms with van der Waals surface area (Å²) in [6.07, 6.45) is 0.999. The van der Waals surface area contributed by atoms with Crippen LogP contribution in [0.15, 0.2) is 29.2 Å². The van der Waals surface area contributed by atoms with E-state index in [0.717, 1.165) is 13.0 Å². The Bertz CT molecular complexity index is 529. The topological polar surface area (TPSA) is 49.4 Å². The first kappa shape index (κ1) is 18.0. The Balaban J connectivity index is 3.04. The monoisotopic (exact) mass is 312 g/mol. The fraction of sp³-hybridized carbons (Fsp3) is 0.625. The van der Waals surface area contributed by atoms with Crippen LogP contribution in [0.3, 0.4) is 0 Å². The van der Waals surface area contributed by atoms with Crippen LogP contribution in [0.25, 0.3) is 0 Å². The van der Waals surface area contributed by atoms with Gasteiger partial charge in [0, 0.05) is 12.6 Å². The van der Waals surface area contributed by atoms with Crippen molar-refractivity contribution in [1.29, 1.82) is 0 Å². The molecule has 0 fully saturated rings. The summed E-state index contributed by atoms with van der Waals surface area (Å²) in [5.74, 6) is 0.672. The van der Waals surface area contributed by atoms with Crippen molar-refractivity contribution in [2.75, 3.05) is 31.7 Å². The molecular formula is C16H28N2O2S. The van der Waals surface area contributed by atoms with Crippen molar-refractivity contribution in [3.05, 3.63) is 24.3 Å². The number of anilines is 1. The van der Waals surface area contributed by atoms with Gasteiger partial charge in [0.15, 0.2) is 9.84 Å². The first-order valence-electron chi connectivity index (χ1n) is 7.49. The van der Waals surface area contributed by atoms with Crippen LogP contribution in [0.2, 0.25) is 0 Å². The van der Waals surface area contributed by atoms with Gasteiger partial charge in [0.1, 0.15) is 0 Å². The molecule has 0 aromatic heterocycles. The number of benzene rings is 1. The fourth-order valence-corrected chi connectivity index (χ4v) is 3.48. The van der Waals surface area contributed by atoms with E-state index in [0.29, 0.717) is 16.5 Å². The normalized spacial score (nSPS) is 13.7. The van der Waals surface area contributed by atoms with E-state index >= 15 is 0 Å². The molecule has 0 radical (unpaired) electrons. The molecule has 0 amide bonds. The quantitative estimate of drug-likeness (QED) is 0.802. The molecule has 0 aliphatic rings. The van der Waals surface area contributed by atoms with Crippen LogP contribution >= 0.6 is 0 Å². The molecule has 120 valence electrons. The Labute approximate surface area is 129 Å². The molecule has 0 aliphatic carbocycles. The molecule has 1 rings (SSSR count). The summed E-state index contributed by atoms with van der Waals surface area (Å²) in [7, 11) is 0.855. The van der Waals surface area contributed by atoms with Crippen molar-refractivity contribution in [1.82, 2.24) is 4.90 Å². The zero-order valence-electron chi connectivity index (χ0n) is 13.8. The number of hydrogen-bond acceptors (Lipinski definition) is 4. The molecule has 1 aromatic carbocycles. The van der Waals surface area contributed by atoms with Gasteiger partial charge in [-0.3, -0.25) is 0 Å². The molecule has 1 atom stereocenters. The number of para-hydroxylation sites is 1. The van der Waals surface area contributed by atoms with E-state index in [1.165, 1.54) is 0 Å². The number of rotatable bonds is 8. The fourth-order valence-electron chi connectivity index (χ4n) is 2.42. The first-order chi connectivity index (χ1) is 9.76. The highest BCUT2D eigenvalue weighted by atomic mass is 32.2. The van der Waals surface area contributed by atoms with Crippen LogP contribution in [0.4, 0.5) is 5.69 Å². The van der Waals surface area contributed by atoms with Gasteiger partial charge in [-0.2, -0.15) is 0 Å². The minimum absolute atomic E-state index is 0.119. The number of sulfone groups is 1. The van der Waals surface area contributed by atoms with E-state index in [-0.39, 0.29) is 11.8 Å². The lowest BCUT2D eigenvalue weighted by Gasteiger charge is -2.26. The molecule has 0 aliphatic heterocycles. The zero-order chi connectivity index (χ0) is 16.0. The van der Waals surface area contributed by atoms with E-state index < -0.39 is 9.84 Å². The van der Waals surface area contributed by atoms with E-state index in [1.807, 2.05) is 26.2 Å². The highest BCUT2D eigenvalue weighted by Gasteiger charge is 2.19. The highest BCUT2D eigenvalue weighted by Crippen LogP contribution is 2.24. The molecule has 21 heavy (non-hydrogen) atoms. The van der Waals surface area contributed by atoms with Gasteiger partial charge in [0.2, 0.25) is 0 Å². The molecule has 5 heteroatoms. The summed E-state index contributed by atoms with van der Waals surface area (Å²) in [6.45, 7) is 6.91. The average molecular weight is 312 g/mol. The van der Waals surface area contributed by atoms with Crippen molar-refractivity contribution >= 4 is 15.5 Å². The Morgan fingerprint density at radius 2 is 1.81 bits per heavy atom. The summed E-state index contributed by atoms with van der Waals surface area (Å²) in [4.78, 5) is 2.52. The molecule has 1 aromatic rings. The predicted octanol–water partition coefficient (Wildman–Crippen LogP) is 2.87. The Morgan fingerprint density at radius 1 is 1.19 bits per heavy atom. The second kappa shape index (κ2) is 7.80. The summed E-state index contributed by atoms with van der Waals surface area (Å²) in [5, 5.41) is 3.43. The smallest absolute Gasteiger partial charge is 0.180 e. The van der Waals surface area contributed by atoms with Crippen LogP contribution < -0.4 is 5.32 Å². The molecule has 0 saturated heterocycles. The first-order valence-corrected chi connectivity index (χ1v) is 9.14. The standard InChI is InChI=1S/C16H28N2O2S/c1-6-21(19,20)16-10-8-7-9-15(16)17-14(11-13(2)3)12-18(4)5/h7-10,13-14,17H,6,11-12H2,1-5H3. The molecule has 0 heterocycles. The zero-order valence-corrected chi connectivity index (χ0v) is 14.6. The van der Waals surface area contributed by atoms with Gasteiger partial charge >= 0.3 is 0 Å². The number of likely N-dealkylation sites (N-methyl/N-ethyl adjacent to an activating group) is 1. The van der Waals surface area contributed by atoms with Crippen LogP contribution in [0.5, 0.6) is 0 Å². The third kappa shape index (κ3) is 5.67. The Kier molecular flexibility index (Phi) is 6.68. The number of nitrogens with one attached hydrogen (secondary N) is 1. The van der Waals surface area contributed by atoms with Crippen LogP contribution in [0.1, 0.15) is 27.2 Å². The van der Waals surface area contributed by atoms with E-state index in [2.05, 4.69) is 24.1 Å². The van der Waals surface area contributed by atoms with E-state index in [9.17, 15) is 8.42 Å². The second-order valence-electron chi connectivity index (χ2n) is 6.13. The van der Waals surface area contributed by atoms with E-state index in [1.54, 1.807) is 19.1 Å². The minimum Gasteiger partial charge on any atom is -0.380 e. The largest absolute Gasteiger partial charge is 0.380 e. The number of nitrogens with zero attached hydrogens (tertiary/aromatic N) is 1.